The Morgan fingerprint density at radius 3 is 2.67 bits per heavy atom. The lowest BCUT2D eigenvalue weighted by molar-refractivity contribution is 0.933. The van der Waals surface area contributed by atoms with Crippen molar-refractivity contribution in [1.82, 2.24) is 0 Å². The number of benzene rings is 1. The lowest BCUT2D eigenvalue weighted by Crippen LogP contribution is -1.89. The van der Waals surface area contributed by atoms with Crippen LogP contribution in [0.5, 0.6) is 0 Å². The highest BCUT2D eigenvalue weighted by atomic mass is 14.5. The summed E-state index contributed by atoms with van der Waals surface area (Å²) in [6.45, 7) is 4.42. The van der Waals surface area contributed by atoms with Gasteiger partial charge >= 0.3 is 0 Å². The van der Waals surface area contributed by atoms with Crippen LogP contribution < -0.4 is 5.73 Å². The van der Waals surface area contributed by atoms with Crippen LogP contribution in [0.15, 0.2) is 30.3 Å². The third-order valence-electron chi connectivity index (χ3n) is 2.46. The maximum absolute atomic E-state index is 5.79. The molecule has 0 aromatic heterocycles. The number of hydrogen-bond acceptors (Lipinski definition) is 1. The molecule has 0 fully saturated rings. The molecule has 1 heteroatoms. The second-order valence-electron chi connectivity index (χ2n) is 3.89. The van der Waals surface area contributed by atoms with Gasteiger partial charge in [-0.25, -0.2) is 0 Å². The largest absolute Gasteiger partial charge is 0.399 e. The zero-order chi connectivity index (χ0) is 11.1. The molecule has 0 radical (unpaired) electrons. The summed E-state index contributed by atoms with van der Waals surface area (Å²) in [4.78, 5) is 0. The molecule has 1 aromatic rings. The molecule has 1 rings (SSSR count). The smallest absolute Gasteiger partial charge is 0.0320 e. The van der Waals surface area contributed by atoms with Crippen LogP contribution in [-0.2, 0) is 0 Å². The molecule has 0 heterocycles. The Hall–Kier alpha value is -1.24. The first kappa shape index (κ1) is 11.8. The van der Waals surface area contributed by atoms with Gasteiger partial charge in [0, 0.05) is 5.69 Å². The van der Waals surface area contributed by atoms with Crippen LogP contribution in [0.25, 0.3) is 5.57 Å². The fourth-order valence-electron chi connectivity index (χ4n) is 1.69. The topological polar surface area (TPSA) is 26.0 Å². The highest BCUT2D eigenvalue weighted by Gasteiger charge is 2.00. The Labute approximate surface area is 93.0 Å². The number of nitrogens with two attached hydrogens (primary N) is 1. The normalized spacial score (nSPS) is 11.7. The third-order valence-corrected chi connectivity index (χ3v) is 2.46. The fourth-order valence-corrected chi connectivity index (χ4v) is 1.69. The van der Waals surface area contributed by atoms with Crippen LogP contribution >= 0.6 is 0 Å². The van der Waals surface area contributed by atoms with Gasteiger partial charge < -0.3 is 5.73 Å². The van der Waals surface area contributed by atoms with E-state index in [0.717, 1.165) is 18.5 Å². The molecule has 1 nitrogen and oxygen atoms in total. The van der Waals surface area contributed by atoms with Crippen molar-refractivity contribution in [2.45, 2.75) is 39.5 Å². The number of rotatable bonds is 5. The van der Waals surface area contributed by atoms with Crippen molar-refractivity contribution in [2.75, 3.05) is 5.73 Å². The molecule has 0 saturated heterocycles. The molecule has 1 aromatic carbocycles. The van der Waals surface area contributed by atoms with Crippen LogP contribution in [0.1, 0.15) is 45.1 Å². The highest BCUT2D eigenvalue weighted by Crippen LogP contribution is 2.22. The average molecular weight is 203 g/mol. The summed E-state index contributed by atoms with van der Waals surface area (Å²) in [6, 6.07) is 8.18. The van der Waals surface area contributed by atoms with E-state index >= 15 is 0 Å². The first-order chi connectivity index (χ1) is 7.27. The molecule has 0 aliphatic rings. The van der Waals surface area contributed by atoms with Crippen molar-refractivity contribution in [3.05, 3.63) is 35.9 Å². The number of unbranched alkanes of at least 4 members (excludes halogenated alkanes) is 1. The Bertz CT molecular complexity index is 326. The van der Waals surface area contributed by atoms with Crippen molar-refractivity contribution in [1.29, 1.82) is 0 Å². The lowest BCUT2D eigenvalue weighted by Gasteiger charge is -2.07. The van der Waals surface area contributed by atoms with E-state index in [1.54, 1.807) is 0 Å². The van der Waals surface area contributed by atoms with Gasteiger partial charge in [0.05, 0.1) is 0 Å². The van der Waals surface area contributed by atoms with E-state index in [0.29, 0.717) is 0 Å². The fraction of sp³-hybridized carbons (Fsp3) is 0.429. The molecule has 0 unspecified atom stereocenters. The molecule has 0 bridgehead atoms. The molecule has 0 spiro atoms. The lowest BCUT2D eigenvalue weighted by atomic mass is 9.99. The summed E-state index contributed by atoms with van der Waals surface area (Å²) in [5.41, 5.74) is 9.37. The SMILES string of the molecule is CCC/C=C(\CCC)c1cccc(N)c1. The summed E-state index contributed by atoms with van der Waals surface area (Å²) in [5.74, 6) is 0. The van der Waals surface area contributed by atoms with Crippen molar-refractivity contribution >= 4 is 11.3 Å². The van der Waals surface area contributed by atoms with Gasteiger partial charge in [0.2, 0.25) is 0 Å². The van der Waals surface area contributed by atoms with E-state index in [1.165, 1.54) is 24.0 Å². The van der Waals surface area contributed by atoms with E-state index in [4.69, 9.17) is 5.73 Å². The monoisotopic (exact) mass is 203 g/mol. The molecule has 0 atom stereocenters. The van der Waals surface area contributed by atoms with Gasteiger partial charge in [0.15, 0.2) is 0 Å². The van der Waals surface area contributed by atoms with Gasteiger partial charge in [-0.15, -0.1) is 0 Å². The Morgan fingerprint density at radius 2 is 2.07 bits per heavy atom. The molecule has 0 aliphatic carbocycles. The van der Waals surface area contributed by atoms with Gasteiger partial charge in [0.25, 0.3) is 0 Å². The van der Waals surface area contributed by atoms with Crippen LogP contribution in [0, 0.1) is 0 Å². The highest BCUT2D eigenvalue weighted by molar-refractivity contribution is 5.68. The number of anilines is 1. The van der Waals surface area contributed by atoms with Gasteiger partial charge in [-0.1, -0.05) is 44.9 Å². The van der Waals surface area contributed by atoms with Crippen molar-refractivity contribution in [3.63, 3.8) is 0 Å². The van der Waals surface area contributed by atoms with Crippen LogP contribution in [-0.4, -0.2) is 0 Å². The molecule has 82 valence electrons. The quantitative estimate of drug-likeness (QED) is 0.711. The molecular formula is C14H21N. The molecule has 15 heavy (non-hydrogen) atoms. The van der Waals surface area contributed by atoms with E-state index in [2.05, 4.69) is 32.1 Å². The Balaban J connectivity index is 2.88. The molecule has 2 N–H and O–H groups in total. The Morgan fingerprint density at radius 1 is 1.27 bits per heavy atom. The Kier molecular flexibility index (Phi) is 4.96. The molecular weight excluding hydrogens is 182 g/mol. The van der Waals surface area contributed by atoms with Crippen molar-refractivity contribution < 1.29 is 0 Å². The summed E-state index contributed by atoms with van der Waals surface area (Å²) in [5, 5.41) is 0. The summed E-state index contributed by atoms with van der Waals surface area (Å²) in [7, 11) is 0. The van der Waals surface area contributed by atoms with Gasteiger partial charge in [0.1, 0.15) is 0 Å². The van der Waals surface area contributed by atoms with Gasteiger partial charge in [-0.3, -0.25) is 0 Å². The van der Waals surface area contributed by atoms with E-state index in [9.17, 15) is 0 Å². The first-order valence-electron chi connectivity index (χ1n) is 5.82. The van der Waals surface area contributed by atoms with E-state index in [-0.39, 0.29) is 0 Å². The summed E-state index contributed by atoms with van der Waals surface area (Å²) < 4.78 is 0. The molecule has 0 aliphatic heterocycles. The third kappa shape index (κ3) is 3.78. The number of nitrogen functional groups attached to an aromatic ring is 1. The molecule has 0 saturated carbocycles. The average Bonchev–Trinajstić information content (AvgIpc) is 2.24. The van der Waals surface area contributed by atoms with Crippen molar-refractivity contribution in [3.8, 4) is 0 Å². The maximum Gasteiger partial charge on any atom is 0.0320 e. The summed E-state index contributed by atoms with van der Waals surface area (Å²) in [6.07, 6.45) is 7.03. The minimum absolute atomic E-state index is 0.853. The minimum atomic E-state index is 0.853. The van der Waals surface area contributed by atoms with Gasteiger partial charge in [-0.05, 0) is 36.1 Å². The predicted molar refractivity (Wildman–Crippen MR) is 68.6 cm³/mol. The maximum atomic E-state index is 5.79. The minimum Gasteiger partial charge on any atom is -0.399 e. The first-order valence-corrected chi connectivity index (χ1v) is 5.82. The second kappa shape index (κ2) is 6.28. The predicted octanol–water partition coefficient (Wildman–Crippen LogP) is 4.25. The van der Waals surface area contributed by atoms with E-state index < -0.39 is 0 Å². The molecule has 0 amide bonds. The standard InChI is InChI=1S/C14H21N/c1-3-5-8-12(7-4-2)13-9-6-10-14(15)11-13/h6,8-11H,3-5,7,15H2,1-2H3/b12-8+. The second-order valence-corrected chi connectivity index (χ2v) is 3.89. The zero-order valence-corrected chi connectivity index (χ0v) is 9.79. The number of hydrogen-bond donors (Lipinski definition) is 1. The van der Waals surface area contributed by atoms with Crippen LogP contribution in [0.3, 0.4) is 0 Å². The van der Waals surface area contributed by atoms with Gasteiger partial charge in [-0.2, -0.15) is 0 Å². The zero-order valence-electron chi connectivity index (χ0n) is 9.79. The van der Waals surface area contributed by atoms with Crippen molar-refractivity contribution in [2.24, 2.45) is 0 Å². The van der Waals surface area contributed by atoms with Crippen LogP contribution in [0.2, 0.25) is 0 Å². The van der Waals surface area contributed by atoms with Crippen LogP contribution in [0.4, 0.5) is 5.69 Å². The van der Waals surface area contributed by atoms with E-state index in [1.807, 2.05) is 12.1 Å². The summed E-state index contributed by atoms with van der Waals surface area (Å²) >= 11 is 0. The number of allylic oxidation sites excluding steroid dienone is 2.